The van der Waals surface area contributed by atoms with Crippen molar-refractivity contribution in [3.8, 4) is 0 Å². The molecule has 0 aliphatic rings. The van der Waals surface area contributed by atoms with Gasteiger partial charge in [-0.1, -0.05) is 13.8 Å². The highest BCUT2D eigenvalue weighted by Crippen LogP contribution is 2.19. The lowest BCUT2D eigenvalue weighted by molar-refractivity contribution is 0.0913. The summed E-state index contributed by atoms with van der Waals surface area (Å²) in [6, 6.07) is 4.74. The highest BCUT2D eigenvalue weighted by atomic mass is 16.1. The summed E-state index contributed by atoms with van der Waals surface area (Å²) in [5.74, 6) is -0.319. The van der Waals surface area contributed by atoms with Crippen LogP contribution in [0.4, 0.5) is 0 Å². The standard InChI is InChI=1S/C16H20O3/c1-5-12(6-2)16(19)15-8-13(10(3)17)7-14(9-15)11(4)18/h7-9,12H,5-6H2,1-4H3. The van der Waals surface area contributed by atoms with E-state index in [1.165, 1.54) is 13.8 Å². The van der Waals surface area contributed by atoms with Gasteiger partial charge in [-0.2, -0.15) is 0 Å². The minimum Gasteiger partial charge on any atom is -0.295 e. The lowest BCUT2D eigenvalue weighted by Crippen LogP contribution is -2.14. The number of rotatable bonds is 6. The van der Waals surface area contributed by atoms with E-state index in [0.717, 1.165) is 12.8 Å². The highest BCUT2D eigenvalue weighted by Gasteiger charge is 2.19. The van der Waals surface area contributed by atoms with Gasteiger partial charge in [0.15, 0.2) is 17.3 Å². The van der Waals surface area contributed by atoms with Gasteiger partial charge in [-0.05, 0) is 44.9 Å². The van der Waals surface area contributed by atoms with Crippen molar-refractivity contribution in [3.05, 3.63) is 34.9 Å². The Hall–Kier alpha value is -1.77. The summed E-state index contributed by atoms with van der Waals surface area (Å²) in [6.07, 6.45) is 1.52. The van der Waals surface area contributed by atoms with Gasteiger partial charge in [-0.3, -0.25) is 14.4 Å². The van der Waals surface area contributed by atoms with Gasteiger partial charge in [-0.15, -0.1) is 0 Å². The topological polar surface area (TPSA) is 51.2 Å². The second kappa shape index (κ2) is 6.41. The Labute approximate surface area is 114 Å². The number of carbonyl (C=O) groups excluding carboxylic acids is 3. The molecular weight excluding hydrogens is 240 g/mol. The molecule has 102 valence electrons. The Kier molecular flexibility index (Phi) is 5.16. The van der Waals surface area contributed by atoms with Crippen molar-refractivity contribution < 1.29 is 14.4 Å². The maximum absolute atomic E-state index is 12.3. The van der Waals surface area contributed by atoms with Crippen molar-refractivity contribution in [1.29, 1.82) is 0 Å². The van der Waals surface area contributed by atoms with Gasteiger partial charge in [0.05, 0.1) is 0 Å². The van der Waals surface area contributed by atoms with Crippen molar-refractivity contribution in [2.45, 2.75) is 40.5 Å². The molecule has 0 spiro atoms. The van der Waals surface area contributed by atoms with E-state index >= 15 is 0 Å². The lowest BCUT2D eigenvalue weighted by Gasteiger charge is -2.12. The fourth-order valence-corrected chi connectivity index (χ4v) is 2.07. The Morgan fingerprint density at radius 2 is 1.21 bits per heavy atom. The van der Waals surface area contributed by atoms with Crippen molar-refractivity contribution in [2.24, 2.45) is 5.92 Å². The van der Waals surface area contributed by atoms with E-state index in [0.29, 0.717) is 16.7 Å². The summed E-state index contributed by atoms with van der Waals surface area (Å²) in [5.41, 5.74) is 1.30. The minimum atomic E-state index is -0.137. The number of benzene rings is 1. The van der Waals surface area contributed by atoms with Crippen molar-refractivity contribution in [1.82, 2.24) is 0 Å². The third-order valence-electron chi connectivity index (χ3n) is 3.39. The Bertz CT molecular complexity index is 478. The van der Waals surface area contributed by atoms with E-state index in [9.17, 15) is 14.4 Å². The fourth-order valence-electron chi connectivity index (χ4n) is 2.07. The fraction of sp³-hybridized carbons (Fsp3) is 0.438. The molecule has 0 aromatic heterocycles. The predicted octanol–water partition coefficient (Wildman–Crippen LogP) is 3.71. The number of hydrogen-bond acceptors (Lipinski definition) is 3. The van der Waals surface area contributed by atoms with Gasteiger partial charge in [0.25, 0.3) is 0 Å². The van der Waals surface area contributed by atoms with Crippen LogP contribution in [-0.2, 0) is 0 Å². The zero-order valence-electron chi connectivity index (χ0n) is 11.9. The molecule has 0 bridgehead atoms. The third-order valence-corrected chi connectivity index (χ3v) is 3.39. The van der Waals surface area contributed by atoms with Crippen molar-refractivity contribution in [3.63, 3.8) is 0 Å². The van der Waals surface area contributed by atoms with Crippen LogP contribution in [0.1, 0.15) is 71.6 Å². The molecule has 0 amide bonds. The summed E-state index contributed by atoms with van der Waals surface area (Å²) in [7, 11) is 0. The molecule has 0 saturated carbocycles. The molecule has 0 unspecified atom stereocenters. The Balaban J connectivity index is 3.30. The van der Waals surface area contributed by atoms with E-state index in [2.05, 4.69) is 0 Å². The van der Waals surface area contributed by atoms with Gasteiger partial charge in [0.1, 0.15) is 0 Å². The normalized spacial score (nSPS) is 10.6. The number of hydrogen-bond donors (Lipinski definition) is 0. The molecule has 0 fully saturated rings. The van der Waals surface area contributed by atoms with Gasteiger partial charge < -0.3 is 0 Å². The van der Waals surface area contributed by atoms with Crippen LogP contribution >= 0.6 is 0 Å². The first kappa shape index (κ1) is 15.3. The predicted molar refractivity (Wildman–Crippen MR) is 74.9 cm³/mol. The van der Waals surface area contributed by atoms with Crippen LogP contribution in [0.25, 0.3) is 0 Å². The first-order valence-electron chi connectivity index (χ1n) is 6.61. The number of carbonyl (C=O) groups is 3. The summed E-state index contributed by atoms with van der Waals surface area (Å²) in [5, 5.41) is 0. The highest BCUT2D eigenvalue weighted by molar-refractivity contribution is 6.05. The molecule has 19 heavy (non-hydrogen) atoms. The van der Waals surface area contributed by atoms with E-state index in [1.807, 2.05) is 13.8 Å². The van der Waals surface area contributed by atoms with E-state index < -0.39 is 0 Å². The van der Waals surface area contributed by atoms with Crippen molar-refractivity contribution >= 4 is 17.3 Å². The van der Waals surface area contributed by atoms with Crippen LogP contribution < -0.4 is 0 Å². The summed E-state index contributed by atoms with van der Waals surface area (Å²) < 4.78 is 0. The Morgan fingerprint density at radius 3 is 1.53 bits per heavy atom. The molecule has 0 atom stereocenters. The third kappa shape index (κ3) is 3.60. The molecule has 0 radical (unpaired) electrons. The quantitative estimate of drug-likeness (QED) is 0.732. The van der Waals surface area contributed by atoms with Crippen molar-refractivity contribution in [2.75, 3.05) is 0 Å². The molecule has 1 rings (SSSR count). The molecule has 3 heteroatoms. The van der Waals surface area contributed by atoms with E-state index in [4.69, 9.17) is 0 Å². The zero-order chi connectivity index (χ0) is 14.6. The van der Waals surface area contributed by atoms with E-state index in [1.54, 1.807) is 18.2 Å². The first-order valence-corrected chi connectivity index (χ1v) is 6.61. The maximum atomic E-state index is 12.3. The molecular formula is C16H20O3. The molecule has 0 aliphatic heterocycles. The van der Waals surface area contributed by atoms with E-state index in [-0.39, 0.29) is 23.3 Å². The van der Waals surface area contributed by atoms with Crippen LogP contribution in [0.3, 0.4) is 0 Å². The van der Waals surface area contributed by atoms with Crippen LogP contribution in [0.2, 0.25) is 0 Å². The first-order chi connectivity index (χ1) is 8.90. The average molecular weight is 260 g/mol. The molecule has 1 aromatic rings. The van der Waals surface area contributed by atoms with Gasteiger partial charge >= 0.3 is 0 Å². The number of ketones is 3. The number of Topliss-reactive ketones (excluding diaryl/α,β-unsaturated/α-hetero) is 3. The summed E-state index contributed by atoms with van der Waals surface area (Å²) in [4.78, 5) is 35.3. The average Bonchev–Trinajstić information content (AvgIpc) is 2.39. The second-order valence-electron chi connectivity index (χ2n) is 4.79. The van der Waals surface area contributed by atoms with Crippen LogP contribution in [0.15, 0.2) is 18.2 Å². The molecule has 0 N–H and O–H groups in total. The Morgan fingerprint density at radius 1 is 0.842 bits per heavy atom. The molecule has 0 heterocycles. The summed E-state index contributed by atoms with van der Waals surface area (Å²) >= 11 is 0. The SMILES string of the molecule is CCC(CC)C(=O)c1cc(C(C)=O)cc(C(C)=O)c1. The molecule has 0 saturated heterocycles. The smallest absolute Gasteiger partial charge is 0.165 e. The largest absolute Gasteiger partial charge is 0.295 e. The van der Waals surface area contributed by atoms with Crippen LogP contribution in [-0.4, -0.2) is 17.3 Å². The van der Waals surface area contributed by atoms with Crippen LogP contribution in [0.5, 0.6) is 0 Å². The van der Waals surface area contributed by atoms with Crippen LogP contribution in [0, 0.1) is 5.92 Å². The molecule has 0 aliphatic carbocycles. The monoisotopic (exact) mass is 260 g/mol. The van der Waals surface area contributed by atoms with Gasteiger partial charge in [0, 0.05) is 22.6 Å². The van der Waals surface area contributed by atoms with Gasteiger partial charge in [0.2, 0.25) is 0 Å². The molecule has 1 aromatic carbocycles. The second-order valence-corrected chi connectivity index (χ2v) is 4.79. The minimum absolute atomic E-state index is 0.00981. The summed E-state index contributed by atoms with van der Waals surface area (Å²) in [6.45, 7) is 6.80. The maximum Gasteiger partial charge on any atom is 0.165 e. The molecule has 3 nitrogen and oxygen atoms in total. The van der Waals surface area contributed by atoms with Gasteiger partial charge in [-0.25, -0.2) is 0 Å². The zero-order valence-corrected chi connectivity index (χ0v) is 11.9. The lowest BCUT2D eigenvalue weighted by atomic mass is 9.90.